The third-order valence-corrected chi connectivity index (χ3v) is 15.0. The summed E-state index contributed by atoms with van der Waals surface area (Å²) in [4.78, 5) is 24.2. The van der Waals surface area contributed by atoms with E-state index in [-0.39, 0.29) is 11.9 Å². The maximum Gasteiger partial charge on any atom is 0.305 e. The molecule has 406 valence electrons. The highest BCUT2D eigenvalue weighted by Crippen LogP contribution is 2.19. The van der Waals surface area contributed by atoms with Gasteiger partial charge in [0, 0.05) is 12.8 Å². The predicted molar refractivity (Wildman–Crippen MR) is 301 cm³/mol. The quantitative estimate of drug-likeness (QED) is 0.0450. The molecule has 0 fully saturated rings. The van der Waals surface area contributed by atoms with Crippen LogP contribution in [0, 0.1) is 0 Å². The van der Waals surface area contributed by atoms with Crippen LogP contribution in [0.5, 0.6) is 0 Å². The summed E-state index contributed by atoms with van der Waals surface area (Å²) >= 11 is 0. The van der Waals surface area contributed by atoms with Gasteiger partial charge in [-0.15, -0.1) is 0 Å². The summed E-state index contributed by atoms with van der Waals surface area (Å²) in [6.07, 6.45) is 77.2. The zero-order valence-electron chi connectivity index (χ0n) is 47.1. The Bertz CT molecular complexity index is 859. The normalized spacial score (nSPS) is 11.5. The zero-order valence-corrected chi connectivity index (χ0v) is 47.1. The first kappa shape index (κ1) is 66.9. The highest BCUT2D eigenvalue weighted by molar-refractivity contribution is 5.69. The topological polar surface area (TPSA) is 52.6 Å². The molecule has 0 saturated carbocycles. The smallest absolute Gasteiger partial charge is 0.305 e. The Labute approximate surface area is 428 Å². The van der Waals surface area contributed by atoms with Crippen LogP contribution in [-0.4, -0.2) is 25.2 Å². The van der Waals surface area contributed by atoms with Gasteiger partial charge >= 0.3 is 11.9 Å². The molecule has 0 aromatic carbocycles. The Kier molecular flexibility index (Phi) is 61.1. The van der Waals surface area contributed by atoms with E-state index in [9.17, 15) is 9.59 Å². The second-order valence-electron chi connectivity index (χ2n) is 22.0. The van der Waals surface area contributed by atoms with Gasteiger partial charge in [0.1, 0.15) is 0 Å². The number of hydrogen-bond acceptors (Lipinski definition) is 4. The van der Waals surface area contributed by atoms with E-state index in [2.05, 4.69) is 13.8 Å². The fraction of sp³-hybridized carbons (Fsp3) is 0.969. The SMILES string of the molecule is CCCCCCCCCCCCCCCCCCCCCCOC(=O)CCCCCCCCCCCCCCCCCCC(=O)OCCCCCCCCCCCCCCCCCCCCCC. The second kappa shape index (κ2) is 62.1. The van der Waals surface area contributed by atoms with Crippen molar-refractivity contribution in [1.29, 1.82) is 0 Å². The fourth-order valence-electron chi connectivity index (χ4n) is 10.2. The van der Waals surface area contributed by atoms with Gasteiger partial charge in [0.25, 0.3) is 0 Å². The minimum absolute atomic E-state index is 0.0195. The monoisotopic (exact) mass is 959 g/mol. The Balaban J connectivity index is 3.20. The summed E-state index contributed by atoms with van der Waals surface area (Å²) in [6, 6.07) is 0. The third-order valence-electron chi connectivity index (χ3n) is 15.0. The van der Waals surface area contributed by atoms with E-state index in [0.717, 1.165) is 38.5 Å². The summed E-state index contributed by atoms with van der Waals surface area (Å²) in [5, 5.41) is 0. The molecule has 0 atom stereocenters. The van der Waals surface area contributed by atoms with Crippen LogP contribution in [0.15, 0.2) is 0 Å². The summed E-state index contributed by atoms with van der Waals surface area (Å²) in [6.45, 7) is 5.84. The molecule has 0 spiro atoms. The van der Waals surface area contributed by atoms with Crippen molar-refractivity contribution in [2.24, 2.45) is 0 Å². The van der Waals surface area contributed by atoms with E-state index in [1.165, 1.54) is 321 Å². The van der Waals surface area contributed by atoms with Crippen molar-refractivity contribution in [3.63, 3.8) is 0 Å². The lowest BCUT2D eigenvalue weighted by molar-refractivity contribution is -0.144. The van der Waals surface area contributed by atoms with Crippen LogP contribution in [-0.2, 0) is 19.1 Å². The molecule has 0 rings (SSSR count). The van der Waals surface area contributed by atoms with Crippen LogP contribution in [0.2, 0.25) is 0 Å². The van der Waals surface area contributed by atoms with E-state index in [0.29, 0.717) is 26.1 Å². The average molecular weight is 960 g/mol. The minimum atomic E-state index is 0.0195. The molecule has 4 nitrogen and oxygen atoms in total. The van der Waals surface area contributed by atoms with Gasteiger partial charge in [-0.05, 0) is 25.7 Å². The number of carbonyl (C=O) groups is 2. The van der Waals surface area contributed by atoms with Crippen molar-refractivity contribution in [2.75, 3.05) is 13.2 Å². The molecule has 0 amide bonds. The molecule has 0 saturated heterocycles. The predicted octanol–water partition coefficient (Wildman–Crippen LogP) is 22.7. The summed E-state index contributed by atoms with van der Waals surface area (Å²) in [5.74, 6) is 0.0390. The largest absolute Gasteiger partial charge is 0.466 e. The van der Waals surface area contributed by atoms with Crippen molar-refractivity contribution in [3.05, 3.63) is 0 Å². The molecule has 0 aliphatic rings. The Morgan fingerprint density at radius 3 is 0.485 bits per heavy atom. The van der Waals surface area contributed by atoms with Gasteiger partial charge in [-0.1, -0.05) is 348 Å². The van der Waals surface area contributed by atoms with Crippen LogP contribution in [0.4, 0.5) is 0 Å². The lowest BCUT2D eigenvalue weighted by atomic mass is 10.0. The zero-order chi connectivity index (χ0) is 49.0. The van der Waals surface area contributed by atoms with E-state index in [1.807, 2.05) is 0 Å². The standard InChI is InChI=1S/C64H126O4/c1-3-5-7-9-11-13-15-17-19-21-23-25-29-33-37-41-45-49-53-57-61-67-63(65)59-55-51-47-43-39-35-31-27-28-32-36-40-44-48-52-56-60-64(66)68-62-58-54-50-46-42-38-34-30-26-24-22-20-18-16-14-12-10-8-6-4-2/h3-62H2,1-2H3. The molecule has 4 heteroatoms. The fourth-order valence-corrected chi connectivity index (χ4v) is 10.2. The van der Waals surface area contributed by atoms with Gasteiger partial charge < -0.3 is 9.47 Å². The Hall–Kier alpha value is -1.06. The number of ether oxygens (including phenoxy) is 2. The van der Waals surface area contributed by atoms with Crippen molar-refractivity contribution >= 4 is 11.9 Å². The molecule has 0 aliphatic heterocycles. The lowest BCUT2D eigenvalue weighted by Crippen LogP contribution is -2.05. The first-order chi connectivity index (χ1) is 33.7. The Morgan fingerprint density at radius 2 is 0.324 bits per heavy atom. The van der Waals surface area contributed by atoms with E-state index in [1.54, 1.807) is 0 Å². The summed E-state index contributed by atoms with van der Waals surface area (Å²) in [7, 11) is 0. The first-order valence-electron chi connectivity index (χ1n) is 32.0. The van der Waals surface area contributed by atoms with E-state index >= 15 is 0 Å². The minimum Gasteiger partial charge on any atom is -0.466 e. The molecule has 0 aromatic heterocycles. The first-order valence-corrected chi connectivity index (χ1v) is 32.0. The number of rotatable bonds is 61. The maximum absolute atomic E-state index is 12.1. The number of esters is 2. The summed E-state index contributed by atoms with van der Waals surface area (Å²) in [5.41, 5.74) is 0. The van der Waals surface area contributed by atoms with Crippen LogP contribution in [0.25, 0.3) is 0 Å². The lowest BCUT2D eigenvalue weighted by Gasteiger charge is -2.06. The van der Waals surface area contributed by atoms with Crippen molar-refractivity contribution in [1.82, 2.24) is 0 Å². The number of unbranched alkanes of at least 4 members (excludes halogenated alkanes) is 53. The van der Waals surface area contributed by atoms with Crippen molar-refractivity contribution in [3.8, 4) is 0 Å². The highest BCUT2D eigenvalue weighted by atomic mass is 16.5. The molecule has 68 heavy (non-hydrogen) atoms. The molecule has 0 aliphatic carbocycles. The van der Waals surface area contributed by atoms with Crippen LogP contribution in [0.1, 0.15) is 386 Å². The van der Waals surface area contributed by atoms with Gasteiger partial charge in [-0.3, -0.25) is 9.59 Å². The van der Waals surface area contributed by atoms with Gasteiger partial charge in [0.15, 0.2) is 0 Å². The van der Waals surface area contributed by atoms with Gasteiger partial charge in [0.2, 0.25) is 0 Å². The maximum atomic E-state index is 12.1. The molecule has 0 unspecified atom stereocenters. The van der Waals surface area contributed by atoms with Crippen molar-refractivity contribution in [2.45, 2.75) is 386 Å². The molecular formula is C64H126O4. The van der Waals surface area contributed by atoms with Crippen LogP contribution < -0.4 is 0 Å². The molecule has 0 bridgehead atoms. The number of carbonyl (C=O) groups excluding carboxylic acids is 2. The molecule has 0 aromatic rings. The van der Waals surface area contributed by atoms with Gasteiger partial charge in [0.05, 0.1) is 13.2 Å². The van der Waals surface area contributed by atoms with Gasteiger partial charge in [-0.25, -0.2) is 0 Å². The molecular weight excluding hydrogens is 833 g/mol. The van der Waals surface area contributed by atoms with E-state index in [4.69, 9.17) is 9.47 Å². The molecule has 0 heterocycles. The average Bonchev–Trinajstić information content (AvgIpc) is 3.34. The van der Waals surface area contributed by atoms with Gasteiger partial charge in [-0.2, -0.15) is 0 Å². The summed E-state index contributed by atoms with van der Waals surface area (Å²) < 4.78 is 11.0. The molecule has 0 N–H and O–H groups in total. The van der Waals surface area contributed by atoms with Crippen LogP contribution >= 0.6 is 0 Å². The number of hydrogen-bond donors (Lipinski definition) is 0. The van der Waals surface area contributed by atoms with Crippen LogP contribution in [0.3, 0.4) is 0 Å². The molecule has 0 radical (unpaired) electrons. The highest BCUT2D eigenvalue weighted by Gasteiger charge is 2.05. The van der Waals surface area contributed by atoms with Crippen molar-refractivity contribution < 1.29 is 19.1 Å². The third kappa shape index (κ3) is 61.1. The van der Waals surface area contributed by atoms with E-state index < -0.39 is 0 Å². The second-order valence-corrected chi connectivity index (χ2v) is 22.0. The Morgan fingerprint density at radius 1 is 0.191 bits per heavy atom.